The number of hydrogen-bond acceptors (Lipinski definition) is 3. The van der Waals surface area contributed by atoms with Crippen molar-refractivity contribution in [3.05, 3.63) is 0 Å². The van der Waals surface area contributed by atoms with Crippen LogP contribution in [0, 0.1) is 0 Å². The molecule has 1 aliphatic carbocycles. The van der Waals surface area contributed by atoms with E-state index in [-0.39, 0.29) is 0 Å². The van der Waals surface area contributed by atoms with Crippen LogP contribution in [0.3, 0.4) is 0 Å². The molecule has 0 aromatic rings. The Labute approximate surface area is 117 Å². The molecule has 4 nitrogen and oxygen atoms in total. The number of nitrogens with one attached hydrogen (secondary N) is 1. The number of nitrogens with two attached hydrogens (primary N) is 1. The van der Waals surface area contributed by atoms with Gasteiger partial charge in [0.1, 0.15) is 0 Å². The number of halogens is 3. The Bertz CT molecular complexity index is 331. The lowest BCUT2D eigenvalue weighted by atomic mass is 9.94. The zero-order valence-electron chi connectivity index (χ0n) is 12.1. The quantitative estimate of drug-likeness (QED) is 0.680. The lowest BCUT2D eigenvalue weighted by Gasteiger charge is -2.29. The molecule has 3 N–H and O–H groups in total. The number of nitrogens with zero attached hydrogens (tertiary/aromatic N) is 1. The van der Waals surface area contributed by atoms with E-state index in [2.05, 4.69) is 5.32 Å². The van der Waals surface area contributed by atoms with E-state index >= 15 is 0 Å². The summed E-state index contributed by atoms with van der Waals surface area (Å²) in [4.78, 5) is 12.9. The van der Waals surface area contributed by atoms with Crippen LogP contribution < -0.4 is 11.1 Å². The van der Waals surface area contributed by atoms with E-state index in [0.29, 0.717) is 32.0 Å². The highest BCUT2D eigenvalue weighted by Crippen LogP contribution is 2.25. The van der Waals surface area contributed by atoms with Crippen LogP contribution >= 0.6 is 0 Å². The Morgan fingerprint density at radius 1 is 1.40 bits per heavy atom. The maximum atomic E-state index is 12.3. The fourth-order valence-electron chi connectivity index (χ4n) is 2.20. The summed E-state index contributed by atoms with van der Waals surface area (Å²) in [5.41, 5.74) is 4.58. The van der Waals surface area contributed by atoms with Gasteiger partial charge in [-0.15, -0.1) is 0 Å². The van der Waals surface area contributed by atoms with Crippen molar-refractivity contribution in [3.8, 4) is 0 Å². The van der Waals surface area contributed by atoms with E-state index in [1.807, 2.05) is 0 Å². The van der Waals surface area contributed by atoms with E-state index in [1.165, 1.54) is 4.90 Å². The minimum absolute atomic E-state index is 0.311. The first-order valence-corrected chi connectivity index (χ1v) is 7.03. The molecule has 0 aromatic heterocycles. The minimum atomic E-state index is -4.19. The normalized spacial score (nSPS) is 19.1. The summed E-state index contributed by atoms with van der Waals surface area (Å²) < 4.78 is 37.0. The first kappa shape index (κ1) is 17.2. The molecule has 0 aliphatic heterocycles. The van der Waals surface area contributed by atoms with E-state index in [4.69, 9.17) is 5.73 Å². The molecule has 0 heterocycles. The van der Waals surface area contributed by atoms with Gasteiger partial charge in [-0.2, -0.15) is 13.2 Å². The third-order valence-electron chi connectivity index (χ3n) is 3.65. The molecule has 1 amide bonds. The van der Waals surface area contributed by atoms with Gasteiger partial charge in [0.15, 0.2) is 0 Å². The summed E-state index contributed by atoms with van der Waals surface area (Å²) in [6.07, 6.45) is -1.18. The van der Waals surface area contributed by atoms with Crippen molar-refractivity contribution in [3.63, 3.8) is 0 Å². The van der Waals surface area contributed by atoms with Gasteiger partial charge >= 0.3 is 6.18 Å². The Kier molecular flexibility index (Phi) is 5.82. The summed E-state index contributed by atoms with van der Waals surface area (Å²) in [6.45, 7) is 3.16. The number of carbonyl (C=O) groups is 1. The maximum absolute atomic E-state index is 12.3. The predicted octanol–water partition coefficient (Wildman–Crippen LogP) is 1.65. The van der Waals surface area contributed by atoms with Crippen molar-refractivity contribution in [1.82, 2.24) is 10.2 Å². The number of primary amides is 1. The summed E-state index contributed by atoms with van der Waals surface area (Å²) >= 11 is 0. The Morgan fingerprint density at radius 2 is 2.00 bits per heavy atom. The van der Waals surface area contributed by atoms with Crippen LogP contribution in [0.25, 0.3) is 0 Å². The zero-order valence-corrected chi connectivity index (χ0v) is 12.1. The van der Waals surface area contributed by atoms with Crippen LogP contribution in [0.1, 0.15) is 39.5 Å². The second-order valence-electron chi connectivity index (χ2n) is 5.70. The number of amides is 1. The molecule has 1 aliphatic rings. The molecule has 1 rings (SSSR count). The Hall–Kier alpha value is -0.820. The first-order chi connectivity index (χ1) is 9.16. The number of hydrogen-bond donors (Lipinski definition) is 2. The second kappa shape index (κ2) is 6.76. The van der Waals surface area contributed by atoms with Crippen LogP contribution in [-0.2, 0) is 4.79 Å². The van der Waals surface area contributed by atoms with Crippen molar-refractivity contribution in [2.45, 2.75) is 57.3 Å². The van der Waals surface area contributed by atoms with E-state index < -0.39 is 24.2 Å². The van der Waals surface area contributed by atoms with Crippen molar-refractivity contribution in [1.29, 1.82) is 0 Å². The summed E-state index contributed by atoms with van der Waals surface area (Å²) in [5, 5.41) is 3.19. The monoisotopic (exact) mass is 295 g/mol. The van der Waals surface area contributed by atoms with E-state index in [9.17, 15) is 18.0 Å². The van der Waals surface area contributed by atoms with Gasteiger partial charge in [-0.1, -0.05) is 6.92 Å². The lowest BCUT2D eigenvalue weighted by Crippen LogP contribution is -2.54. The number of alkyl halides is 3. The second-order valence-corrected chi connectivity index (χ2v) is 5.70. The van der Waals surface area contributed by atoms with Gasteiger partial charge in [0.05, 0.1) is 12.1 Å². The van der Waals surface area contributed by atoms with E-state index in [0.717, 1.165) is 12.8 Å². The largest absolute Gasteiger partial charge is 0.401 e. The highest BCUT2D eigenvalue weighted by atomic mass is 19.4. The van der Waals surface area contributed by atoms with Crippen LogP contribution in [0.15, 0.2) is 0 Å². The maximum Gasteiger partial charge on any atom is 0.401 e. The van der Waals surface area contributed by atoms with Gasteiger partial charge < -0.3 is 11.1 Å². The van der Waals surface area contributed by atoms with Crippen molar-refractivity contribution in [2.75, 3.05) is 19.6 Å². The molecule has 1 saturated carbocycles. The SMILES string of the molecule is CCN(CCCC(C)(NC1CC1)C(N)=O)CC(F)(F)F. The van der Waals surface area contributed by atoms with Gasteiger partial charge in [-0.25, -0.2) is 0 Å². The van der Waals surface area contributed by atoms with Crippen molar-refractivity contribution >= 4 is 5.91 Å². The fraction of sp³-hybridized carbons (Fsp3) is 0.923. The standard InChI is InChI=1S/C13H24F3N3O/c1-3-19(9-13(14,15)16)8-4-7-12(2,11(17)20)18-10-5-6-10/h10,18H,3-9H2,1-2H3,(H2,17,20). The van der Waals surface area contributed by atoms with Crippen molar-refractivity contribution in [2.24, 2.45) is 5.73 Å². The molecular formula is C13H24F3N3O. The molecule has 0 saturated heterocycles. The van der Waals surface area contributed by atoms with Crippen LogP contribution in [0.2, 0.25) is 0 Å². The third kappa shape index (κ3) is 6.09. The molecule has 1 unspecified atom stereocenters. The molecule has 0 aromatic carbocycles. The van der Waals surface area contributed by atoms with Gasteiger partial charge in [-0.3, -0.25) is 9.69 Å². The highest BCUT2D eigenvalue weighted by Gasteiger charge is 2.37. The number of rotatable bonds is 9. The van der Waals surface area contributed by atoms with Gasteiger partial charge in [-0.05, 0) is 45.7 Å². The molecular weight excluding hydrogens is 271 g/mol. The van der Waals surface area contributed by atoms with Crippen LogP contribution in [0.5, 0.6) is 0 Å². The molecule has 0 spiro atoms. The van der Waals surface area contributed by atoms with Gasteiger partial charge in [0, 0.05) is 6.04 Å². The third-order valence-corrected chi connectivity index (χ3v) is 3.65. The lowest BCUT2D eigenvalue weighted by molar-refractivity contribution is -0.145. The average Bonchev–Trinajstić information content (AvgIpc) is 3.09. The molecule has 20 heavy (non-hydrogen) atoms. The molecule has 1 fully saturated rings. The molecule has 7 heteroatoms. The molecule has 118 valence electrons. The Balaban J connectivity index is 2.40. The van der Waals surface area contributed by atoms with Crippen LogP contribution in [0.4, 0.5) is 13.2 Å². The molecule has 0 radical (unpaired) electrons. The number of carbonyl (C=O) groups excluding carboxylic acids is 1. The topological polar surface area (TPSA) is 58.4 Å². The van der Waals surface area contributed by atoms with Crippen LogP contribution in [-0.4, -0.2) is 48.2 Å². The molecule has 1 atom stereocenters. The van der Waals surface area contributed by atoms with E-state index in [1.54, 1.807) is 13.8 Å². The highest BCUT2D eigenvalue weighted by molar-refractivity contribution is 5.84. The summed E-state index contributed by atoms with van der Waals surface area (Å²) in [5.74, 6) is -0.441. The van der Waals surface area contributed by atoms with Crippen molar-refractivity contribution < 1.29 is 18.0 Å². The predicted molar refractivity (Wildman–Crippen MR) is 71.2 cm³/mol. The van der Waals surface area contributed by atoms with Gasteiger partial charge in [0.2, 0.25) is 5.91 Å². The molecule has 0 bridgehead atoms. The zero-order chi connectivity index (χ0) is 15.4. The minimum Gasteiger partial charge on any atom is -0.368 e. The average molecular weight is 295 g/mol. The summed E-state index contributed by atoms with van der Waals surface area (Å²) in [7, 11) is 0. The first-order valence-electron chi connectivity index (χ1n) is 7.03. The summed E-state index contributed by atoms with van der Waals surface area (Å²) in [6, 6.07) is 0.324. The fourth-order valence-corrected chi connectivity index (χ4v) is 2.20. The smallest absolute Gasteiger partial charge is 0.368 e. The Morgan fingerprint density at radius 3 is 2.40 bits per heavy atom. The van der Waals surface area contributed by atoms with Gasteiger partial charge in [0.25, 0.3) is 0 Å².